The third kappa shape index (κ3) is 2.52. The summed E-state index contributed by atoms with van der Waals surface area (Å²) >= 11 is 0. The minimum absolute atomic E-state index is 0.250. The average molecular weight is 283 g/mol. The van der Waals surface area contributed by atoms with Crippen LogP contribution in [-0.4, -0.2) is 6.54 Å². The molecule has 4 heteroatoms. The number of hydrogen-bond donors (Lipinski definition) is 1. The normalized spacial score (nSPS) is 29.9. The van der Waals surface area contributed by atoms with Gasteiger partial charge in [0, 0.05) is 18.2 Å². The third-order valence-corrected chi connectivity index (χ3v) is 4.92. The highest BCUT2D eigenvalue weighted by Gasteiger charge is 2.36. The SMILES string of the molecule is CC1CCC(C2CNc3ccc(C(F)(F)F)cc32)CC1. The number of alkyl halides is 3. The van der Waals surface area contributed by atoms with Crippen LogP contribution in [0, 0.1) is 11.8 Å². The standard InChI is InChI=1S/C16H20F3N/c1-10-2-4-11(5-3-10)14-9-20-15-7-6-12(8-13(14)15)16(17,18)19/h6-8,10-11,14,20H,2-5,9H2,1H3. The van der Waals surface area contributed by atoms with Crippen molar-refractivity contribution >= 4 is 5.69 Å². The summed E-state index contributed by atoms with van der Waals surface area (Å²) in [7, 11) is 0. The lowest BCUT2D eigenvalue weighted by Crippen LogP contribution is -2.21. The zero-order valence-electron chi connectivity index (χ0n) is 11.6. The molecule has 0 spiro atoms. The predicted molar refractivity (Wildman–Crippen MR) is 73.8 cm³/mol. The fraction of sp³-hybridized carbons (Fsp3) is 0.625. The molecule has 1 aliphatic carbocycles. The van der Waals surface area contributed by atoms with Gasteiger partial charge in [-0.25, -0.2) is 0 Å². The van der Waals surface area contributed by atoms with E-state index in [1.165, 1.54) is 25.0 Å². The van der Waals surface area contributed by atoms with Gasteiger partial charge in [0.2, 0.25) is 0 Å². The van der Waals surface area contributed by atoms with E-state index in [1.54, 1.807) is 6.07 Å². The Labute approximate surface area is 117 Å². The number of rotatable bonds is 1. The summed E-state index contributed by atoms with van der Waals surface area (Å²) < 4.78 is 38.6. The number of hydrogen-bond acceptors (Lipinski definition) is 1. The lowest BCUT2D eigenvalue weighted by molar-refractivity contribution is -0.137. The number of benzene rings is 1. The van der Waals surface area contributed by atoms with Gasteiger partial charge in [-0.15, -0.1) is 0 Å². The van der Waals surface area contributed by atoms with Gasteiger partial charge in [-0.1, -0.05) is 19.8 Å². The molecule has 1 fully saturated rings. The third-order valence-electron chi connectivity index (χ3n) is 4.92. The second kappa shape index (κ2) is 4.97. The van der Waals surface area contributed by atoms with E-state index in [4.69, 9.17) is 0 Å². The quantitative estimate of drug-likeness (QED) is 0.761. The van der Waals surface area contributed by atoms with E-state index in [2.05, 4.69) is 12.2 Å². The maximum Gasteiger partial charge on any atom is 0.416 e. The van der Waals surface area contributed by atoms with Crippen LogP contribution in [0.15, 0.2) is 18.2 Å². The Bertz CT molecular complexity index is 487. The minimum atomic E-state index is -4.25. The molecule has 20 heavy (non-hydrogen) atoms. The summed E-state index contributed by atoms with van der Waals surface area (Å²) in [6, 6.07) is 4.12. The van der Waals surface area contributed by atoms with E-state index in [0.717, 1.165) is 36.6 Å². The fourth-order valence-corrected chi connectivity index (χ4v) is 3.65. The smallest absolute Gasteiger partial charge is 0.384 e. The van der Waals surface area contributed by atoms with Crippen LogP contribution < -0.4 is 5.32 Å². The Morgan fingerprint density at radius 2 is 1.80 bits per heavy atom. The van der Waals surface area contributed by atoms with Crippen molar-refractivity contribution in [3.05, 3.63) is 29.3 Å². The van der Waals surface area contributed by atoms with Crippen LogP contribution in [0.1, 0.15) is 49.7 Å². The monoisotopic (exact) mass is 283 g/mol. The zero-order chi connectivity index (χ0) is 14.3. The number of fused-ring (bicyclic) bond motifs is 1. The largest absolute Gasteiger partial charge is 0.416 e. The highest BCUT2D eigenvalue weighted by Crippen LogP contribution is 2.45. The Morgan fingerprint density at radius 1 is 1.10 bits per heavy atom. The molecule has 1 saturated carbocycles. The predicted octanol–water partition coefficient (Wildman–Crippen LogP) is 5.04. The highest BCUT2D eigenvalue weighted by atomic mass is 19.4. The van der Waals surface area contributed by atoms with Gasteiger partial charge in [0.15, 0.2) is 0 Å². The van der Waals surface area contributed by atoms with E-state index in [-0.39, 0.29) is 5.92 Å². The first kappa shape index (κ1) is 13.8. The molecule has 1 aromatic rings. The van der Waals surface area contributed by atoms with Gasteiger partial charge in [-0.3, -0.25) is 0 Å². The minimum Gasteiger partial charge on any atom is -0.384 e. The van der Waals surface area contributed by atoms with Crippen LogP contribution in [0.4, 0.5) is 18.9 Å². The van der Waals surface area contributed by atoms with Crippen molar-refractivity contribution in [1.82, 2.24) is 0 Å². The number of nitrogens with one attached hydrogen (secondary N) is 1. The Balaban J connectivity index is 1.85. The average Bonchev–Trinajstić information content (AvgIpc) is 2.81. The Morgan fingerprint density at radius 3 is 2.45 bits per heavy atom. The topological polar surface area (TPSA) is 12.0 Å². The molecule has 0 radical (unpaired) electrons. The van der Waals surface area contributed by atoms with Gasteiger partial charge in [-0.2, -0.15) is 13.2 Å². The molecule has 1 N–H and O–H groups in total. The van der Waals surface area contributed by atoms with E-state index < -0.39 is 11.7 Å². The molecule has 0 saturated heterocycles. The molecule has 1 atom stereocenters. The number of anilines is 1. The molecule has 0 amide bonds. The first-order chi connectivity index (χ1) is 9.45. The van der Waals surface area contributed by atoms with Crippen LogP contribution >= 0.6 is 0 Å². The summed E-state index contributed by atoms with van der Waals surface area (Å²) in [5.41, 5.74) is 1.25. The van der Waals surface area contributed by atoms with E-state index in [0.29, 0.717) is 5.92 Å². The summed E-state index contributed by atoms with van der Waals surface area (Å²) in [6.45, 7) is 3.05. The molecule has 1 heterocycles. The van der Waals surface area contributed by atoms with Crippen molar-refractivity contribution in [2.24, 2.45) is 11.8 Å². The Hall–Kier alpha value is -1.19. The van der Waals surface area contributed by atoms with Gasteiger partial charge < -0.3 is 5.32 Å². The summed E-state index contributed by atoms with van der Waals surface area (Å²) in [4.78, 5) is 0. The zero-order valence-corrected chi connectivity index (χ0v) is 11.6. The van der Waals surface area contributed by atoms with Gasteiger partial charge in [0.05, 0.1) is 5.56 Å². The molecule has 3 rings (SSSR count). The van der Waals surface area contributed by atoms with Crippen LogP contribution in [0.3, 0.4) is 0 Å². The van der Waals surface area contributed by atoms with Crippen molar-refractivity contribution in [2.75, 3.05) is 11.9 Å². The van der Waals surface area contributed by atoms with Crippen molar-refractivity contribution < 1.29 is 13.2 Å². The number of halogens is 3. The van der Waals surface area contributed by atoms with Crippen molar-refractivity contribution in [1.29, 1.82) is 0 Å². The van der Waals surface area contributed by atoms with E-state index in [1.807, 2.05) is 0 Å². The molecular weight excluding hydrogens is 263 g/mol. The van der Waals surface area contributed by atoms with Gasteiger partial charge in [0.25, 0.3) is 0 Å². The molecule has 1 nitrogen and oxygen atoms in total. The molecule has 0 bridgehead atoms. The molecular formula is C16H20F3N. The first-order valence-electron chi connectivity index (χ1n) is 7.40. The lowest BCUT2D eigenvalue weighted by Gasteiger charge is -2.30. The summed E-state index contributed by atoms with van der Waals surface area (Å²) in [5, 5.41) is 3.27. The summed E-state index contributed by atoms with van der Waals surface area (Å²) in [5.74, 6) is 1.55. The molecule has 1 unspecified atom stereocenters. The lowest BCUT2D eigenvalue weighted by atomic mass is 9.74. The molecule has 1 aliphatic heterocycles. The van der Waals surface area contributed by atoms with Crippen LogP contribution in [0.2, 0.25) is 0 Å². The molecule has 1 aromatic carbocycles. The Kier molecular flexibility index (Phi) is 3.43. The molecule has 110 valence electrons. The van der Waals surface area contributed by atoms with Gasteiger partial charge in [-0.05, 0) is 48.4 Å². The molecule has 0 aromatic heterocycles. The molecule has 2 aliphatic rings. The van der Waals surface area contributed by atoms with Crippen LogP contribution in [0.25, 0.3) is 0 Å². The highest BCUT2D eigenvalue weighted by molar-refractivity contribution is 5.59. The van der Waals surface area contributed by atoms with Crippen molar-refractivity contribution in [3.8, 4) is 0 Å². The summed E-state index contributed by atoms with van der Waals surface area (Å²) in [6.07, 6.45) is 0.445. The van der Waals surface area contributed by atoms with Crippen molar-refractivity contribution in [2.45, 2.75) is 44.7 Å². The van der Waals surface area contributed by atoms with E-state index >= 15 is 0 Å². The maximum atomic E-state index is 12.9. The second-order valence-electron chi connectivity index (χ2n) is 6.31. The van der Waals surface area contributed by atoms with E-state index in [9.17, 15) is 13.2 Å². The maximum absolute atomic E-state index is 12.9. The van der Waals surface area contributed by atoms with Crippen LogP contribution in [-0.2, 0) is 6.18 Å². The van der Waals surface area contributed by atoms with Crippen LogP contribution in [0.5, 0.6) is 0 Å². The fourth-order valence-electron chi connectivity index (χ4n) is 3.65. The van der Waals surface area contributed by atoms with Gasteiger partial charge in [0.1, 0.15) is 0 Å². The van der Waals surface area contributed by atoms with Crippen molar-refractivity contribution in [3.63, 3.8) is 0 Å². The second-order valence-corrected chi connectivity index (χ2v) is 6.31. The van der Waals surface area contributed by atoms with Gasteiger partial charge >= 0.3 is 6.18 Å². The first-order valence-corrected chi connectivity index (χ1v) is 7.40.